The molecule has 0 bridgehead atoms. The molecule has 0 spiro atoms. The average Bonchev–Trinajstić information content (AvgIpc) is 1.54. The Hall–Kier alpha value is -10.6. The molecule has 130 heavy (non-hydrogen) atoms. The molecule has 666 valence electrons. The zero-order valence-corrected chi connectivity index (χ0v) is 81.5. The van der Waals surface area contributed by atoms with Crippen molar-refractivity contribution in [1.82, 2.24) is 9.80 Å². The van der Waals surface area contributed by atoms with E-state index in [1.807, 2.05) is 9.80 Å². The molecule has 0 radical (unpaired) electrons. The van der Waals surface area contributed by atoms with Crippen molar-refractivity contribution in [2.24, 2.45) is 11.8 Å². The van der Waals surface area contributed by atoms with Gasteiger partial charge >= 0.3 is 0 Å². The molecule has 0 aliphatic carbocycles. The van der Waals surface area contributed by atoms with Crippen LogP contribution in [0.15, 0.2) is 204 Å². The van der Waals surface area contributed by atoms with Crippen molar-refractivity contribution in [3.63, 3.8) is 0 Å². The summed E-state index contributed by atoms with van der Waals surface area (Å²) >= 11 is 6.67. The number of benzene rings is 8. The van der Waals surface area contributed by atoms with E-state index in [1.54, 1.807) is 45.3 Å². The molecule has 0 fully saturated rings. The number of nitrogens with zero attached hydrogens (tertiary/aromatic N) is 2. The van der Waals surface area contributed by atoms with Crippen LogP contribution >= 0.6 is 45.3 Å². The first kappa shape index (κ1) is 95.5. The lowest BCUT2D eigenvalue weighted by atomic mass is 9.92. The van der Waals surface area contributed by atoms with Gasteiger partial charge in [0.1, 0.15) is 0 Å². The minimum Gasteiger partial charge on any atom is -0.306 e. The maximum absolute atomic E-state index is 16.2. The van der Waals surface area contributed by atoms with Crippen LogP contribution < -0.4 is 0 Å². The zero-order valence-electron chi connectivity index (χ0n) is 78.3. The van der Waals surface area contributed by atoms with Gasteiger partial charge in [-0.25, -0.2) is 0 Å². The van der Waals surface area contributed by atoms with E-state index in [2.05, 4.69) is 305 Å². The van der Waals surface area contributed by atoms with Crippen LogP contribution in [0.5, 0.6) is 0 Å². The second-order valence-corrected chi connectivity index (χ2v) is 40.1. The Bertz CT molecular complexity index is 5790. The summed E-state index contributed by atoms with van der Waals surface area (Å²) in [6.07, 6.45) is 46.6. The SMILES string of the molecule is CCCCCCCCCCCCc1ccsc1C#Cc1c2ccccc2c(C#Cc2ccc(C#Cc3ccc(C4=C5C(=O)N(CC(CCCC)CCCCCC)C(c6ccc(C#Cc7ccc(C#Cc8c9ccccc9c(C#Cc9sccc9CCCCCCCCCCCC)c9ccccc89)cc7)s6)=C5C(=O)N4CC(CCCC)CCCCCC)s3)cc2)c2ccccc12. The fraction of sp³-hybridized carbons (Fsp3) is 0.393. The van der Waals surface area contributed by atoms with E-state index >= 15 is 9.59 Å². The lowest BCUT2D eigenvalue weighted by Crippen LogP contribution is -2.34. The highest BCUT2D eigenvalue weighted by Gasteiger charge is 2.50. The molecule has 2 amide bonds. The van der Waals surface area contributed by atoms with Crippen molar-refractivity contribution in [1.29, 1.82) is 0 Å². The summed E-state index contributed by atoms with van der Waals surface area (Å²) in [5.41, 5.74) is 12.9. The van der Waals surface area contributed by atoms with Crippen LogP contribution in [-0.2, 0) is 22.4 Å². The Morgan fingerprint density at radius 2 is 0.523 bits per heavy atom. The van der Waals surface area contributed by atoms with E-state index in [4.69, 9.17) is 0 Å². The Kier molecular flexibility index (Phi) is 37.2. The summed E-state index contributed by atoms with van der Waals surface area (Å²) in [6, 6.07) is 63.9. The van der Waals surface area contributed by atoms with Crippen molar-refractivity contribution in [3.8, 4) is 71.0 Å². The van der Waals surface area contributed by atoms with E-state index in [1.165, 1.54) is 175 Å². The molecule has 2 unspecified atom stereocenters. The van der Waals surface area contributed by atoms with Crippen molar-refractivity contribution >= 4 is 112 Å². The summed E-state index contributed by atoms with van der Waals surface area (Å²) in [4.78, 5) is 42.3. The molecule has 8 heteroatoms. The fourth-order valence-corrected chi connectivity index (χ4v) is 22.4. The van der Waals surface area contributed by atoms with Gasteiger partial charge in [-0.3, -0.25) is 9.59 Å². The number of hydrogen-bond donors (Lipinski definition) is 0. The van der Waals surface area contributed by atoms with Crippen LogP contribution in [0.4, 0.5) is 0 Å². The fourth-order valence-electron chi connectivity index (χ4n) is 18.9. The van der Waals surface area contributed by atoms with Crippen LogP contribution in [0.3, 0.4) is 0 Å². The average molecular weight is 1790 g/mol. The molecule has 4 aromatic heterocycles. The predicted octanol–water partition coefficient (Wildman–Crippen LogP) is 33.2. The maximum Gasteiger partial charge on any atom is 0.261 e. The third-order valence-corrected chi connectivity index (χ3v) is 30.0. The summed E-state index contributed by atoms with van der Waals surface area (Å²) < 4.78 is 0. The van der Waals surface area contributed by atoms with Gasteiger partial charge in [0.25, 0.3) is 11.8 Å². The van der Waals surface area contributed by atoms with Gasteiger partial charge in [-0.1, -0.05) is 402 Å². The highest BCUT2D eigenvalue weighted by atomic mass is 32.1. The van der Waals surface area contributed by atoms with Crippen molar-refractivity contribution in [2.45, 2.75) is 286 Å². The van der Waals surface area contributed by atoms with E-state index < -0.39 is 0 Å². The van der Waals surface area contributed by atoms with Crippen molar-refractivity contribution in [2.75, 3.05) is 13.1 Å². The monoisotopic (exact) mass is 1780 g/mol. The molecular formula is C122H132N2O2S4. The quantitative estimate of drug-likeness (QED) is 0.0217. The second-order valence-electron chi connectivity index (χ2n) is 36.1. The standard InChI is InChI=1S/C122H132N2O2S4/c1-7-13-19-23-25-27-29-31-33-37-51-97-85-87-127-113(97)83-79-111-105-57-43-39-53-101(105)109(102-54-40-44-58-106(102)111)77-71-93-65-61-91(62-66-93)69-73-99-75-81-115(129-99)119-117-118(122(126)123(119)89-95(47-17-11-5)49-35-21-15-9-3)120(124(121(117)125)90-96(48-18-12-6)50-36-22-16-10-4)116-82-76-100(130-116)74-70-92-63-67-94(68-64-92)72-78-110-103-55-41-45-59-107(103)112(108-60-46-42-56-104(108)110)80-84-114-98(86-88-128-114)52-38-34-32-30-28-26-24-20-14-8-2/h39-46,53-68,75-76,81-82,85-88,95-96H,7-38,47-52,89-90H2,1-6H3. The lowest BCUT2D eigenvalue weighted by Gasteiger charge is -2.29. The van der Waals surface area contributed by atoms with Gasteiger partial charge in [-0.2, -0.15) is 0 Å². The van der Waals surface area contributed by atoms with Gasteiger partial charge < -0.3 is 9.80 Å². The van der Waals surface area contributed by atoms with Crippen LogP contribution in [-0.4, -0.2) is 34.7 Å². The van der Waals surface area contributed by atoms with Gasteiger partial charge in [0.2, 0.25) is 0 Å². The largest absolute Gasteiger partial charge is 0.306 e. The third-order valence-electron chi connectivity index (χ3n) is 26.3. The first-order valence-electron chi connectivity index (χ1n) is 49.8. The van der Waals surface area contributed by atoms with E-state index in [-0.39, 0.29) is 23.7 Å². The smallest absolute Gasteiger partial charge is 0.261 e. The maximum atomic E-state index is 16.2. The van der Waals surface area contributed by atoms with Gasteiger partial charge in [0.15, 0.2) is 0 Å². The van der Waals surface area contributed by atoms with E-state index in [9.17, 15) is 0 Å². The molecule has 2 atom stereocenters. The predicted molar refractivity (Wildman–Crippen MR) is 561 cm³/mol. The third kappa shape index (κ3) is 25.6. The molecule has 0 saturated heterocycles. The highest BCUT2D eigenvalue weighted by molar-refractivity contribution is 7.14. The normalized spacial score (nSPS) is 12.8. The molecular weight excluding hydrogens is 1650 g/mol. The minimum atomic E-state index is -0.0754. The van der Waals surface area contributed by atoms with Gasteiger partial charge in [-0.15, -0.1) is 45.3 Å². The van der Waals surface area contributed by atoms with Crippen molar-refractivity contribution in [3.05, 3.63) is 289 Å². The Labute approximate surface area is 795 Å². The number of fused-ring (bicyclic) bond motifs is 5. The van der Waals surface area contributed by atoms with E-state index in [0.29, 0.717) is 24.2 Å². The topological polar surface area (TPSA) is 40.6 Å². The molecule has 6 heterocycles. The van der Waals surface area contributed by atoms with Gasteiger partial charge in [0, 0.05) is 57.6 Å². The Balaban J connectivity index is 0.722. The molecule has 2 aliphatic heterocycles. The van der Waals surface area contributed by atoms with Crippen LogP contribution in [0.25, 0.3) is 54.5 Å². The number of carbonyl (C=O) groups is 2. The number of carbonyl (C=O) groups excluding carboxylic acids is 2. The zero-order chi connectivity index (χ0) is 89.9. The number of aryl methyl sites for hydroxylation is 2. The van der Waals surface area contributed by atoms with Crippen LogP contribution in [0.2, 0.25) is 0 Å². The van der Waals surface area contributed by atoms with Crippen LogP contribution in [0, 0.1) is 82.9 Å². The van der Waals surface area contributed by atoms with Crippen LogP contribution in [0.1, 0.15) is 358 Å². The van der Waals surface area contributed by atoms with E-state index in [0.717, 1.165) is 208 Å². The molecule has 4 nitrogen and oxygen atoms in total. The first-order chi connectivity index (χ1) is 64.1. The molecule has 12 aromatic rings. The number of hydrogen-bond acceptors (Lipinski definition) is 6. The summed E-state index contributed by atoms with van der Waals surface area (Å²) in [7, 11) is 0. The number of thiophene rings is 4. The minimum absolute atomic E-state index is 0.0754. The molecule has 8 aromatic carbocycles. The highest BCUT2D eigenvalue weighted by Crippen LogP contribution is 2.50. The molecule has 0 saturated carbocycles. The summed E-state index contributed by atoms with van der Waals surface area (Å²) in [5.74, 6) is 43.6. The lowest BCUT2D eigenvalue weighted by molar-refractivity contribution is -0.124. The number of amides is 2. The van der Waals surface area contributed by atoms with Gasteiger partial charge in [-0.05, 0) is 213 Å². The summed E-state index contributed by atoms with van der Waals surface area (Å²) in [6.45, 7) is 14.7. The van der Waals surface area contributed by atoms with Gasteiger partial charge in [0.05, 0.1) is 51.8 Å². The number of rotatable bonds is 44. The Morgan fingerprint density at radius 1 is 0.262 bits per heavy atom. The summed E-state index contributed by atoms with van der Waals surface area (Å²) in [5, 5.41) is 13.3. The molecule has 2 aliphatic rings. The Morgan fingerprint density at radius 3 is 0.823 bits per heavy atom. The molecule has 0 N–H and O–H groups in total. The second kappa shape index (κ2) is 50.7. The molecule has 14 rings (SSSR count). The first-order valence-corrected chi connectivity index (χ1v) is 53.2. The van der Waals surface area contributed by atoms with Crippen molar-refractivity contribution < 1.29 is 9.59 Å². The number of unbranched alkanes of at least 4 members (excludes halogenated alkanes) is 26.